The zero-order chi connectivity index (χ0) is 13.7. The average Bonchev–Trinajstić information content (AvgIpc) is 2.36. The maximum atomic E-state index is 11.8. The fourth-order valence-electron chi connectivity index (χ4n) is 1.85. The molecule has 0 unspecified atom stereocenters. The summed E-state index contributed by atoms with van der Waals surface area (Å²) in [5.74, 6) is -0.00646. The van der Waals surface area contributed by atoms with Crippen molar-refractivity contribution in [2.45, 2.75) is 19.8 Å². The van der Waals surface area contributed by atoms with E-state index in [1.54, 1.807) is 12.3 Å². The summed E-state index contributed by atoms with van der Waals surface area (Å²) in [6.07, 6.45) is 2.80. The van der Waals surface area contributed by atoms with Crippen LogP contribution in [0.1, 0.15) is 17.7 Å². The van der Waals surface area contributed by atoms with E-state index in [0.29, 0.717) is 12.8 Å². The normalized spacial score (nSPS) is 10.2. The predicted molar refractivity (Wildman–Crippen MR) is 76.8 cm³/mol. The molecule has 1 heterocycles. The lowest BCUT2D eigenvalue weighted by Gasteiger charge is -2.06. The van der Waals surface area contributed by atoms with Crippen LogP contribution in [0.5, 0.6) is 0 Å². The van der Waals surface area contributed by atoms with Gasteiger partial charge in [-0.1, -0.05) is 12.1 Å². The fourth-order valence-corrected chi connectivity index (χ4v) is 1.85. The highest BCUT2D eigenvalue weighted by atomic mass is 16.1. The van der Waals surface area contributed by atoms with Crippen molar-refractivity contribution in [3.05, 3.63) is 53.9 Å². The van der Waals surface area contributed by atoms with Gasteiger partial charge in [0, 0.05) is 29.7 Å². The Labute approximate surface area is 112 Å². The number of carbonyl (C=O) groups is 1. The van der Waals surface area contributed by atoms with Crippen LogP contribution in [0, 0.1) is 6.92 Å². The number of pyridine rings is 1. The van der Waals surface area contributed by atoms with E-state index in [1.165, 1.54) is 0 Å². The molecule has 0 aliphatic rings. The molecule has 1 aromatic heterocycles. The molecule has 2 aromatic rings. The number of nitrogens with one attached hydrogen (secondary N) is 1. The van der Waals surface area contributed by atoms with E-state index in [-0.39, 0.29) is 5.91 Å². The summed E-state index contributed by atoms with van der Waals surface area (Å²) in [6, 6.07) is 11.2. The van der Waals surface area contributed by atoms with Gasteiger partial charge in [-0.25, -0.2) is 0 Å². The third kappa shape index (κ3) is 4.10. The second-order valence-corrected chi connectivity index (χ2v) is 4.48. The van der Waals surface area contributed by atoms with Crippen molar-refractivity contribution in [2.75, 3.05) is 11.1 Å². The predicted octanol–water partition coefficient (Wildman–Crippen LogP) is 2.54. The van der Waals surface area contributed by atoms with Crippen molar-refractivity contribution in [2.24, 2.45) is 0 Å². The molecule has 0 saturated heterocycles. The largest absolute Gasteiger partial charge is 0.399 e. The molecule has 1 aromatic carbocycles. The number of nitrogens with two attached hydrogens (primary N) is 1. The lowest BCUT2D eigenvalue weighted by Crippen LogP contribution is -2.12. The molecule has 4 nitrogen and oxygen atoms in total. The molecular weight excluding hydrogens is 238 g/mol. The second kappa shape index (κ2) is 6.00. The van der Waals surface area contributed by atoms with Gasteiger partial charge in [-0.15, -0.1) is 0 Å². The summed E-state index contributed by atoms with van der Waals surface area (Å²) in [5, 5.41) is 2.86. The summed E-state index contributed by atoms with van der Waals surface area (Å²) in [5.41, 5.74) is 9.16. The molecule has 0 saturated carbocycles. The van der Waals surface area contributed by atoms with Gasteiger partial charge in [0.2, 0.25) is 5.91 Å². The van der Waals surface area contributed by atoms with Crippen LogP contribution in [-0.2, 0) is 11.2 Å². The van der Waals surface area contributed by atoms with Crippen LogP contribution in [0.2, 0.25) is 0 Å². The molecule has 0 aliphatic heterocycles. The third-order valence-electron chi connectivity index (χ3n) is 2.77. The number of amides is 1. The highest BCUT2D eigenvalue weighted by Gasteiger charge is 2.03. The minimum atomic E-state index is -0.00646. The minimum absolute atomic E-state index is 0.00646. The number of benzene rings is 1. The number of nitrogens with zero attached hydrogens (tertiary/aromatic N) is 1. The molecule has 19 heavy (non-hydrogen) atoms. The highest BCUT2D eigenvalue weighted by Crippen LogP contribution is 2.11. The van der Waals surface area contributed by atoms with Gasteiger partial charge in [0.05, 0.1) is 0 Å². The average molecular weight is 255 g/mol. The fraction of sp³-hybridized carbons (Fsp3) is 0.200. The van der Waals surface area contributed by atoms with Gasteiger partial charge in [-0.3, -0.25) is 9.78 Å². The van der Waals surface area contributed by atoms with Crippen molar-refractivity contribution in [3.8, 4) is 0 Å². The quantitative estimate of drug-likeness (QED) is 0.825. The third-order valence-corrected chi connectivity index (χ3v) is 2.77. The van der Waals surface area contributed by atoms with E-state index < -0.39 is 0 Å². The molecule has 0 aliphatic carbocycles. The van der Waals surface area contributed by atoms with Crippen LogP contribution < -0.4 is 11.1 Å². The van der Waals surface area contributed by atoms with Crippen molar-refractivity contribution in [1.82, 2.24) is 4.98 Å². The number of nitrogen functional groups attached to an aromatic ring is 1. The van der Waals surface area contributed by atoms with Crippen LogP contribution in [0.3, 0.4) is 0 Å². The van der Waals surface area contributed by atoms with Crippen LogP contribution in [0.4, 0.5) is 11.4 Å². The number of hydrogen-bond acceptors (Lipinski definition) is 3. The van der Waals surface area contributed by atoms with Gasteiger partial charge in [-0.2, -0.15) is 0 Å². The van der Waals surface area contributed by atoms with E-state index in [4.69, 9.17) is 5.73 Å². The number of carbonyl (C=O) groups excluding carboxylic acids is 1. The molecule has 0 radical (unpaired) electrons. The van der Waals surface area contributed by atoms with Crippen molar-refractivity contribution >= 4 is 17.3 Å². The summed E-state index contributed by atoms with van der Waals surface area (Å²) in [6.45, 7) is 1.89. The van der Waals surface area contributed by atoms with Crippen LogP contribution in [0.25, 0.3) is 0 Å². The zero-order valence-electron chi connectivity index (χ0n) is 10.9. The first kappa shape index (κ1) is 13.1. The molecule has 98 valence electrons. The molecule has 1 amide bonds. The molecule has 4 heteroatoms. The van der Waals surface area contributed by atoms with Crippen molar-refractivity contribution < 1.29 is 4.79 Å². The van der Waals surface area contributed by atoms with Crippen LogP contribution >= 0.6 is 0 Å². The molecule has 3 N–H and O–H groups in total. The van der Waals surface area contributed by atoms with Gasteiger partial charge in [-0.05, 0) is 43.2 Å². The molecule has 2 rings (SSSR count). The van der Waals surface area contributed by atoms with E-state index >= 15 is 0 Å². The standard InChI is InChI=1S/C15H17N3O/c1-11-9-14(7-8-17-11)18-15(19)6-5-12-3-2-4-13(16)10-12/h2-4,7-10H,5-6,16H2,1H3,(H,17,18,19). The summed E-state index contributed by atoms with van der Waals surface area (Å²) in [4.78, 5) is 15.9. The Morgan fingerprint density at radius 1 is 1.32 bits per heavy atom. The molecule has 0 bridgehead atoms. The Bertz CT molecular complexity index is 581. The first-order valence-electron chi connectivity index (χ1n) is 6.20. The van der Waals surface area contributed by atoms with E-state index in [9.17, 15) is 4.79 Å². The summed E-state index contributed by atoms with van der Waals surface area (Å²) >= 11 is 0. The topological polar surface area (TPSA) is 68.0 Å². The minimum Gasteiger partial charge on any atom is -0.399 e. The SMILES string of the molecule is Cc1cc(NC(=O)CCc2cccc(N)c2)ccn1. The molecule has 0 atom stereocenters. The highest BCUT2D eigenvalue weighted by molar-refractivity contribution is 5.90. The second-order valence-electron chi connectivity index (χ2n) is 4.48. The first-order chi connectivity index (χ1) is 9.13. The Balaban J connectivity index is 1.88. The maximum absolute atomic E-state index is 11.8. The number of hydrogen-bond donors (Lipinski definition) is 2. The number of rotatable bonds is 4. The van der Waals surface area contributed by atoms with Crippen molar-refractivity contribution in [1.29, 1.82) is 0 Å². The summed E-state index contributed by atoms with van der Waals surface area (Å²) in [7, 11) is 0. The number of aromatic nitrogens is 1. The molecular formula is C15H17N3O. The van der Waals surface area contributed by atoms with Gasteiger partial charge in [0.1, 0.15) is 0 Å². The lowest BCUT2D eigenvalue weighted by atomic mass is 10.1. The van der Waals surface area contributed by atoms with E-state index in [1.807, 2.05) is 37.3 Å². The number of anilines is 2. The molecule has 0 fully saturated rings. The Morgan fingerprint density at radius 3 is 2.89 bits per heavy atom. The summed E-state index contributed by atoms with van der Waals surface area (Å²) < 4.78 is 0. The van der Waals surface area contributed by atoms with E-state index in [2.05, 4.69) is 10.3 Å². The van der Waals surface area contributed by atoms with Crippen LogP contribution in [-0.4, -0.2) is 10.9 Å². The Morgan fingerprint density at radius 2 is 2.16 bits per heavy atom. The van der Waals surface area contributed by atoms with Crippen molar-refractivity contribution in [3.63, 3.8) is 0 Å². The Hall–Kier alpha value is -2.36. The zero-order valence-corrected chi connectivity index (χ0v) is 10.9. The van der Waals surface area contributed by atoms with Crippen LogP contribution in [0.15, 0.2) is 42.6 Å². The Kier molecular flexibility index (Phi) is 4.13. The monoisotopic (exact) mass is 255 g/mol. The maximum Gasteiger partial charge on any atom is 0.224 e. The van der Waals surface area contributed by atoms with Gasteiger partial charge < -0.3 is 11.1 Å². The molecule has 0 spiro atoms. The first-order valence-corrected chi connectivity index (χ1v) is 6.20. The number of aryl methyl sites for hydroxylation is 2. The van der Waals surface area contributed by atoms with E-state index in [0.717, 1.165) is 22.6 Å². The van der Waals surface area contributed by atoms with Gasteiger partial charge >= 0.3 is 0 Å². The van der Waals surface area contributed by atoms with Gasteiger partial charge in [0.15, 0.2) is 0 Å². The van der Waals surface area contributed by atoms with Gasteiger partial charge in [0.25, 0.3) is 0 Å². The smallest absolute Gasteiger partial charge is 0.224 e. The lowest BCUT2D eigenvalue weighted by molar-refractivity contribution is -0.116.